The van der Waals surface area contributed by atoms with E-state index in [-0.39, 0.29) is 12.3 Å². The smallest absolute Gasteiger partial charge is 0.408 e. The molecule has 10 nitrogen and oxygen atoms in total. The second-order valence-corrected chi connectivity index (χ2v) is 11.6. The summed E-state index contributed by atoms with van der Waals surface area (Å²) in [5.74, 6) is -2.08. The molecule has 0 saturated heterocycles. The average Bonchev–Trinajstić information content (AvgIpc) is 2.88. The van der Waals surface area contributed by atoms with Crippen LogP contribution < -0.4 is 16.4 Å². The van der Waals surface area contributed by atoms with Gasteiger partial charge in [0.2, 0.25) is 11.8 Å². The molecule has 0 radical (unpaired) electrons. The Labute approximate surface area is 252 Å². The summed E-state index contributed by atoms with van der Waals surface area (Å²) in [7, 11) is 0. The number of halogens is 1. The van der Waals surface area contributed by atoms with E-state index < -0.39 is 47.9 Å². The number of hydrogen-bond acceptors (Lipinski definition) is 6. The van der Waals surface area contributed by atoms with Crippen molar-refractivity contribution < 1.29 is 29.0 Å². The molecule has 2 atom stereocenters. The molecular weight excluding hydrogens is 560 g/mol. The largest absolute Gasteiger partial charge is 0.508 e. The third kappa shape index (κ3) is 10.9. The highest BCUT2D eigenvalue weighted by Crippen LogP contribution is 2.30. The van der Waals surface area contributed by atoms with E-state index in [0.717, 1.165) is 31.2 Å². The first-order valence-electron chi connectivity index (χ1n) is 14.2. The number of carbonyl (C=O) groups is 4. The summed E-state index contributed by atoms with van der Waals surface area (Å²) in [6.45, 7) is 9.04. The molecule has 2 rings (SSSR count). The lowest BCUT2D eigenvalue weighted by atomic mass is 10.0. The number of nitrogens with one attached hydrogen (secondary N) is 2. The number of phenols is 1. The summed E-state index contributed by atoms with van der Waals surface area (Å²) in [6.07, 6.45) is 2.94. The molecule has 4 amide bonds. The fraction of sp³-hybridized carbons (Fsp3) is 0.484. The Balaban J connectivity index is 2.57. The molecule has 0 heterocycles. The predicted molar refractivity (Wildman–Crippen MR) is 163 cm³/mol. The third-order valence-electron chi connectivity index (χ3n) is 6.42. The number of phenolic OH excluding ortho intramolecular Hbond substituents is 1. The normalized spacial score (nSPS) is 12.6. The number of aromatic hydroxyl groups is 1. The fourth-order valence-corrected chi connectivity index (χ4v) is 4.68. The van der Waals surface area contributed by atoms with Crippen LogP contribution in [0.4, 0.5) is 10.5 Å². The second-order valence-electron chi connectivity index (χ2n) is 11.2. The Bertz CT molecular complexity index is 1210. The van der Waals surface area contributed by atoms with E-state index in [2.05, 4.69) is 17.6 Å². The van der Waals surface area contributed by atoms with E-state index in [4.69, 9.17) is 22.1 Å². The van der Waals surface area contributed by atoms with Gasteiger partial charge in [0.25, 0.3) is 5.91 Å². The van der Waals surface area contributed by atoms with E-state index >= 15 is 0 Å². The number of amides is 4. The van der Waals surface area contributed by atoms with Crippen LogP contribution in [-0.4, -0.2) is 52.0 Å². The number of anilines is 1. The summed E-state index contributed by atoms with van der Waals surface area (Å²) in [5, 5.41) is 15.6. The zero-order valence-corrected chi connectivity index (χ0v) is 25.8. The van der Waals surface area contributed by atoms with Crippen LogP contribution in [0.3, 0.4) is 0 Å². The molecule has 5 N–H and O–H groups in total. The lowest BCUT2D eigenvalue weighted by molar-refractivity contribution is -0.142. The van der Waals surface area contributed by atoms with Crippen molar-refractivity contribution in [1.82, 2.24) is 10.2 Å². The Hall–Kier alpha value is -3.79. The van der Waals surface area contributed by atoms with Gasteiger partial charge in [0.15, 0.2) is 0 Å². The van der Waals surface area contributed by atoms with Crippen molar-refractivity contribution in [3.05, 3.63) is 58.6 Å². The van der Waals surface area contributed by atoms with Crippen LogP contribution >= 0.6 is 11.6 Å². The first-order valence-corrected chi connectivity index (χ1v) is 14.5. The van der Waals surface area contributed by atoms with Crippen molar-refractivity contribution in [2.45, 2.75) is 90.8 Å². The molecule has 0 fully saturated rings. The molecule has 2 aromatic carbocycles. The molecule has 0 saturated carbocycles. The molecule has 11 heteroatoms. The van der Waals surface area contributed by atoms with Crippen LogP contribution in [0.5, 0.6) is 5.75 Å². The molecule has 0 aliphatic carbocycles. The fourth-order valence-electron chi connectivity index (χ4n) is 4.41. The zero-order chi connectivity index (χ0) is 31.4. The van der Waals surface area contributed by atoms with Gasteiger partial charge in [-0.25, -0.2) is 4.79 Å². The van der Waals surface area contributed by atoms with Gasteiger partial charge in [-0.15, -0.1) is 0 Å². The van der Waals surface area contributed by atoms with Gasteiger partial charge in [-0.2, -0.15) is 0 Å². The first kappa shape index (κ1) is 34.4. The van der Waals surface area contributed by atoms with Crippen molar-refractivity contribution in [3.8, 4) is 5.75 Å². The van der Waals surface area contributed by atoms with Crippen molar-refractivity contribution in [3.63, 3.8) is 0 Å². The number of carbonyl (C=O) groups excluding carboxylic acids is 4. The number of unbranched alkanes of at least 4 members (excludes halogenated alkanes) is 4. The van der Waals surface area contributed by atoms with E-state index in [1.54, 1.807) is 58.0 Å². The standard InChI is InChI=1S/C31H43ClN4O6/c1-6-7-8-9-10-18-36(29(40)24(19-25(33)38)34-30(41)42-31(3,4)5)27(21-14-16-22(37)17-15-21)28(39)35-26-20(2)12-11-13-23(26)32/h11-17,24,27,37H,6-10,18-19H2,1-5H3,(H2,33,38)(H,34,41)(H,35,39). The quantitative estimate of drug-likeness (QED) is 0.207. The van der Waals surface area contributed by atoms with Crippen molar-refractivity contribution >= 4 is 41.1 Å². The van der Waals surface area contributed by atoms with Gasteiger partial charge in [0.1, 0.15) is 23.4 Å². The first-order chi connectivity index (χ1) is 19.7. The molecule has 0 spiro atoms. The van der Waals surface area contributed by atoms with E-state index in [1.165, 1.54) is 17.0 Å². The van der Waals surface area contributed by atoms with Crippen LogP contribution in [0.1, 0.15) is 83.4 Å². The van der Waals surface area contributed by atoms with Crippen LogP contribution in [0.2, 0.25) is 5.02 Å². The number of hydrogen-bond donors (Lipinski definition) is 4. The third-order valence-corrected chi connectivity index (χ3v) is 6.73. The number of para-hydroxylation sites is 1. The van der Waals surface area contributed by atoms with Crippen LogP contribution in [0.25, 0.3) is 0 Å². The monoisotopic (exact) mass is 602 g/mol. The van der Waals surface area contributed by atoms with Crippen LogP contribution in [-0.2, 0) is 19.1 Å². The second kappa shape index (κ2) is 16.0. The van der Waals surface area contributed by atoms with Gasteiger partial charge < -0.3 is 31.1 Å². The minimum Gasteiger partial charge on any atom is -0.508 e. The molecule has 2 aromatic rings. The number of rotatable bonds is 14. The number of alkyl carbamates (subject to hydrolysis) is 1. The Morgan fingerprint density at radius 1 is 1.02 bits per heavy atom. The molecule has 0 bridgehead atoms. The predicted octanol–water partition coefficient (Wildman–Crippen LogP) is 5.60. The number of ether oxygens (including phenoxy) is 1. The van der Waals surface area contributed by atoms with Crippen molar-refractivity contribution in [2.24, 2.45) is 5.73 Å². The minimum atomic E-state index is -1.39. The SMILES string of the molecule is CCCCCCCN(C(=O)C(CC(N)=O)NC(=O)OC(C)(C)C)C(C(=O)Nc1c(C)cccc1Cl)c1ccc(O)cc1. The van der Waals surface area contributed by atoms with Crippen molar-refractivity contribution in [2.75, 3.05) is 11.9 Å². The number of primary amides is 1. The summed E-state index contributed by atoms with van der Waals surface area (Å²) in [4.78, 5) is 54.2. The molecule has 0 aliphatic heterocycles. The lowest BCUT2D eigenvalue weighted by Crippen LogP contribution is -2.53. The maximum atomic E-state index is 14.2. The Morgan fingerprint density at radius 3 is 2.24 bits per heavy atom. The van der Waals surface area contributed by atoms with E-state index in [9.17, 15) is 24.3 Å². The lowest BCUT2D eigenvalue weighted by Gasteiger charge is -2.34. The number of nitrogens with two attached hydrogens (primary N) is 1. The zero-order valence-electron chi connectivity index (χ0n) is 25.0. The molecular formula is C31H43ClN4O6. The van der Waals surface area contributed by atoms with Crippen LogP contribution in [0, 0.1) is 6.92 Å². The van der Waals surface area contributed by atoms with Gasteiger partial charge in [-0.3, -0.25) is 14.4 Å². The van der Waals surface area contributed by atoms with E-state index in [0.29, 0.717) is 22.7 Å². The Kier molecular flexibility index (Phi) is 13.1. The number of nitrogens with zero attached hydrogens (tertiary/aromatic N) is 1. The maximum absolute atomic E-state index is 14.2. The summed E-state index contributed by atoms with van der Waals surface area (Å²) in [6, 6.07) is 8.53. The molecule has 230 valence electrons. The van der Waals surface area contributed by atoms with E-state index in [1.807, 2.05) is 0 Å². The number of aryl methyl sites for hydroxylation is 1. The van der Waals surface area contributed by atoms with Gasteiger partial charge in [-0.1, -0.05) is 68.5 Å². The molecule has 2 unspecified atom stereocenters. The van der Waals surface area contributed by atoms with Gasteiger partial charge >= 0.3 is 6.09 Å². The van der Waals surface area contributed by atoms with Crippen molar-refractivity contribution in [1.29, 1.82) is 0 Å². The highest BCUT2D eigenvalue weighted by Gasteiger charge is 2.37. The summed E-state index contributed by atoms with van der Waals surface area (Å²) in [5.41, 5.74) is 6.13. The highest BCUT2D eigenvalue weighted by molar-refractivity contribution is 6.34. The number of benzene rings is 2. The molecule has 0 aromatic heterocycles. The molecule has 42 heavy (non-hydrogen) atoms. The molecule has 0 aliphatic rings. The van der Waals surface area contributed by atoms with Gasteiger partial charge in [-0.05, 0) is 63.4 Å². The van der Waals surface area contributed by atoms with Gasteiger partial charge in [0.05, 0.1) is 17.1 Å². The topological polar surface area (TPSA) is 151 Å². The Morgan fingerprint density at radius 2 is 1.67 bits per heavy atom. The highest BCUT2D eigenvalue weighted by atomic mass is 35.5. The van der Waals surface area contributed by atoms with Crippen LogP contribution in [0.15, 0.2) is 42.5 Å². The summed E-state index contributed by atoms with van der Waals surface area (Å²) < 4.78 is 5.32. The van der Waals surface area contributed by atoms with Gasteiger partial charge in [0, 0.05) is 6.54 Å². The summed E-state index contributed by atoms with van der Waals surface area (Å²) >= 11 is 6.40. The minimum absolute atomic E-state index is 0.0181. The average molecular weight is 603 g/mol. The maximum Gasteiger partial charge on any atom is 0.408 e.